The van der Waals surface area contributed by atoms with Crippen molar-refractivity contribution in [1.82, 2.24) is 0 Å². The predicted octanol–water partition coefficient (Wildman–Crippen LogP) is 7.22. The van der Waals surface area contributed by atoms with E-state index in [1.54, 1.807) is 32.4 Å². The van der Waals surface area contributed by atoms with Crippen molar-refractivity contribution in [2.45, 2.75) is 96.8 Å². The number of hydrogen-bond acceptors (Lipinski definition) is 7. The molecule has 42 heavy (non-hydrogen) atoms. The highest BCUT2D eigenvalue weighted by molar-refractivity contribution is 6.74. The van der Waals surface area contributed by atoms with Gasteiger partial charge < -0.3 is 33.2 Å². The molecule has 8 nitrogen and oxygen atoms in total. The third kappa shape index (κ3) is 10.2. The highest BCUT2D eigenvalue weighted by Gasteiger charge is 2.43. The standard InChI is InChI=1S/C33H50O8Si/c1-11-38-30(31(32(34)35)40-22-26-17-18-27(36-7)29(19-26)37-8)20-28(41-42(9,10)33(4,5)6)23(2)24(3)39-21-25-15-13-12-14-16-25/h11-19,23-24,28,30-31H,1,20-22H2,2-10H3,(H,34,35)/t23-,24+,28+,30+,31-/m0/s1. The summed E-state index contributed by atoms with van der Waals surface area (Å²) in [7, 11) is 0.848. The number of ether oxygens (including phenoxy) is 5. The van der Waals surface area contributed by atoms with Crippen molar-refractivity contribution in [3.05, 3.63) is 72.5 Å². The predicted molar refractivity (Wildman–Crippen MR) is 167 cm³/mol. The Hall–Kier alpha value is -2.85. The zero-order valence-corrected chi connectivity index (χ0v) is 27.7. The van der Waals surface area contributed by atoms with Gasteiger partial charge in [0.15, 0.2) is 25.9 Å². The van der Waals surface area contributed by atoms with Crippen LogP contribution in [0, 0.1) is 5.92 Å². The minimum Gasteiger partial charge on any atom is -0.495 e. The third-order valence-electron chi connectivity index (χ3n) is 8.13. The summed E-state index contributed by atoms with van der Waals surface area (Å²) in [5, 5.41) is 10.2. The number of hydrogen-bond donors (Lipinski definition) is 1. The van der Waals surface area contributed by atoms with Gasteiger partial charge in [-0.05, 0) is 48.3 Å². The molecule has 0 fully saturated rings. The summed E-state index contributed by atoms with van der Waals surface area (Å²) in [4.78, 5) is 12.5. The summed E-state index contributed by atoms with van der Waals surface area (Å²) >= 11 is 0. The van der Waals surface area contributed by atoms with E-state index in [1.165, 1.54) is 6.26 Å². The summed E-state index contributed by atoms with van der Waals surface area (Å²) in [6.45, 7) is 19.2. The smallest absolute Gasteiger partial charge is 0.336 e. The van der Waals surface area contributed by atoms with E-state index < -0.39 is 26.5 Å². The molecule has 2 rings (SSSR count). The second kappa shape index (κ2) is 16.1. The molecule has 0 aliphatic heterocycles. The van der Waals surface area contributed by atoms with Gasteiger partial charge in [0.25, 0.3) is 0 Å². The number of benzene rings is 2. The van der Waals surface area contributed by atoms with E-state index in [0.29, 0.717) is 18.1 Å². The summed E-state index contributed by atoms with van der Waals surface area (Å²) in [6, 6.07) is 15.3. The van der Waals surface area contributed by atoms with Gasteiger partial charge in [0, 0.05) is 12.3 Å². The highest BCUT2D eigenvalue weighted by atomic mass is 28.4. The van der Waals surface area contributed by atoms with Crippen molar-refractivity contribution < 1.29 is 38.0 Å². The molecule has 0 spiro atoms. The number of methoxy groups -OCH3 is 2. The first-order valence-corrected chi connectivity index (χ1v) is 17.3. The van der Waals surface area contributed by atoms with E-state index in [-0.39, 0.29) is 36.2 Å². The Morgan fingerprint density at radius 1 is 0.929 bits per heavy atom. The molecule has 2 aromatic carbocycles. The van der Waals surface area contributed by atoms with Crippen LogP contribution < -0.4 is 9.47 Å². The molecule has 1 N–H and O–H groups in total. The monoisotopic (exact) mass is 602 g/mol. The van der Waals surface area contributed by atoms with Crippen LogP contribution in [0.1, 0.15) is 52.2 Å². The lowest BCUT2D eigenvalue weighted by Gasteiger charge is -2.43. The molecule has 0 saturated carbocycles. The average Bonchev–Trinajstić information content (AvgIpc) is 2.94. The fourth-order valence-corrected chi connectivity index (χ4v) is 5.70. The number of carboxylic acid groups (broad SMARTS) is 1. The summed E-state index contributed by atoms with van der Waals surface area (Å²) in [5.41, 5.74) is 1.82. The van der Waals surface area contributed by atoms with Crippen molar-refractivity contribution in [2.75, 3.05) is 14.2 Å². The van der Waals surface area contributed by atoms with Crippen molar-refractivity contribution >= 4 is 14.3 Å². The fraction of sp³-hybridized carbons (Fsp3) is 0.545. The molecule has 0 unspecified atom stereocenters. The second-order valence-electron chi connectivity index (χ2n) is 12.1. The molecule has 0 aliphatic rings. The van der Waals surface area contributed by atoms with E-state index in [9.17, 15) is 9.90 Å². The highest BCUT2D eigenvalue weighted by Crippen LogP contribution is 2.39. The molecule has 234 valence electrons. The minimum atomic E-state index is -2.26. The van der Waals surface area contributed by atoms with Crippen LogP contribution in [-0.2, 0) is 36.6 Å². The number of carbonyl (C=O) groups is 1. The molecule has 0 saturated heterocycles. The number of carboxylic acids is 1. The van der Waals surface area contributed by atoms with Crippen LogP contribution >= 0.6 is 0 Å². The van der Waals surface area contributed by atoms with Crippen molar-refractivity contribution in [2.24, 2.45) is 5.92 Å². The molecular formula is C33H50O8Si. The molecule has 0 heterocycles. The van der Waals surface area contributed by atoms with Gasteiger partial charge in [0.1, 0.15) is 6.10 Å². The van der Waals surface area contributed by atoms with Crippen LogP contribution in [0.25, 0.3) is 0 Å². The van der Waals surface area contributed by atoms with Gasteiger partial charge in [-0.1, -0.05) is 70.7 Å². The van der Waals surface area contributed by atoms with E-state index in [0.717, 1.165) is 11.1 Å². The number of rotatable bonds is 18. The Morgan fingerprint density at radius 3 is 2.10 bits per heavy atom. The zero-order chi connectivity index (χ0) is 31.5. The van der Waals surface area contributed by atoms with Crippen LogP contribution in [0.2, 0.25) is 18.1 Å². The zero-order valence-electron chi connectivity index (χ0n) is 26.7. The molecule has 0 aliphatic carbocycles. The van der Waals surface area contributed by atoms with Crippen LogP contribution in [-0.4, -0.2) is 58.0 Å². The van der Waals surface area contributed by atoms with E-state index >= 15 is 0 Å². The van der Waals surface area contributed by atoms with Gasteiger partial charge >= 0.3 is 5.97 Å². The first-order valence-electron chi connectivity index (χ1n) is 14.4. The SMILES string of the molecule is C=CO[C@H](C[C@@H](O[Si](C)(C)C(C)(C)C)[C@@H](C)[C@@H](C)OCc1ccccc1)[C@H](OCc1ccc(OC)c(OC)c1)C(=O)O. The summed E-state index contributed by atoms with van der Waals surface area (Å²) < 4.78 is 35.7. The van der Waals surface area contributed by atoms with E-state index in [4.69, 9.17) is 28.1 Å². The van der Waals surface area contributed by atoms with Crippen LogP contribution in [0.5, 0.6) is 11.5 Å². The lowest BCUT2D eigenvalue weighted by molar-refractivity contribution is -0.162. The Morgan fingerprint density at radius 2 is 1.55 bits per heavy atom. The Labute approximate surface area is 253 Å². The molecule has 2 aromatic rings. The van der Waals surface area contributed by atoms with E-state index in [1.807, 2.05) is 37.3 Å². The molecule has 0 radical (unpaired) electrons. The molecule has 0 aromatic heterocycles. The molecule has 9 heteroatoms. The lowest BCUT2D eigenvalue weighted by Crippen LogP contribution is -2.49. The van der Waals surface area contributed by atoms with E-state index in [2.05, 4.69) is 47.4 Å². The molecular weight excluding hydrogens is 552 g/mol. The normalized spacial score (nSPS) is 15.6. The molecule has 5 atom stereocenters. The Bertz CT molecular complexity index is 1110. The maximum atomic E-state index is 12.5. The first kappa shape index (κ1) is 35.3. The Balaban J connectivity index is 2.30. The van der Waals surface area contributed by atoms with Gasteiger partial charge in [0.05, 0.1) is 45.9 Å². The Kier molecular flexibility index (Phi) is 13.6. The van der Waals surface area contributed by atoms with Crippen LogP contribution in [0.3, 0.4) is 0 Å². The van der Waals surface area contributed by atoms with Crippen LogP contribution in [0.15, 0.2) is 61.4 Å². The van der Waals surface area contributed by atoms with Gasteiger partial charge in [-0.2, -0.15) is 0 Å². The topological polar surface area (TPSA) is 92.7 Å². The van der Waals surface area contributed by atoms with Crippen molar-refractivity contribution in [3.63, 3.8) is 0 Å². The summed E-state index contributed by atoms with van der Waals surface area (Å²) in [6.07, 6.45) is -1.09. The van der Waals surface area contributed by atoms with Gasteiger partial charge in [-0.15, -0.1) is 0 Å². The maximum Gasteiger partial charge on any atom is 0.336 e. The minimum absolute atomic E-state index is 0.0359. The van der Waals surface area contributed by atoms with Gasteiger partial charge in [-0.25, -0.2) is 4.79 Å². The van der Waals surface area contributed by atoms with Gasteiger partial charge in [0.2, 0.25) is 0 Å². The largest absolute Gasteiger partial charge is 0.495 e. The van der Waals surface area contributed by atoms with Crippen molar-refractivity contribution in [3.8, 4) is 11.5 Å². The van der Waals surface area contributed by atoms with Gasteiger partial charge in [-0.3, -0.25) is 0 Å². The second-order valence-corrected chi connectivity index (χ2v) is 16.9. The van der Waals surface area contributed by atoms with Crippen molar-refractivity contribution in [1.29, 1.82) is 0 Å². The quantitative estimate of drug-likeness (QED) is 0.141. The molecule has 0 amide bonds. The number of aliphatic carboxylic acids is 1. The average molecular weight is 603 g/mol. The summed E-state index contributed by atoms with van der Waals surface area (Å²) in [5.74, 6) is -0.0916. The lowest BCUT2D eigenvalue weighted by atomic mass is 9.93. The third-order valence-corrected chi connectivity index (χ3v) is 12.6. The molecule has 0 bridgehead atoms. The van der Waals surface area contributed by atoms with Crippen LogP contribution in [0.4, 0.5) is 0 Å². The first-order chi connectivity index (χ1) is 19.7. The maximum absolute atomic E-state index is 12.5. The fourth-order valence-electron chi connectivity index (χ4n) is 4.28.